The van der Waals surface area contributed by atoms with Crippen LogP contribution in [0.3, 0.4) is 0 Å². The first-order valence-corrected chi connectivity index (χ1v) is 7.03. The van der Waals surface area contributed by atoms with E-state index in [4.69, 9.17) is 0 Å². The van der Waals surface area contributed by atoms with Gasteiger partial charge in [0, 0.05) is 18.2 Å². The minimum Gasteiger partial charge on any atom is -0.384 e. The Morgan fingerprint density at radius 2 is 1.94 bits per heavy atom. The van der Waals surface area contributed by atoms with Gasteiger partial charge in [-0.1, -0.05) is 43.9 Å². The lowest BCUT2D eigenvalue weighted by Gasteiger charge is -2.39. The van der Waals surface area contributed by atoms with Crippen molar-refractivity contribution in [1.29, 1.82) is 0 Å². The molecule has 1 aromatic rings. The minimum atomic E-state index is 0.532. The largest absolute Gasteiger partial charge is 0.384 e. The van der Waals surface area contributed by atoms with Gasteiger partial charge >= 0.3 is 0 Å². The summed E-state index contributed by atoms with van der Waals surface area (Å²) in [7, 11) is 0. The number of hydrogen-bond acceptors (Lipinski definition) is 1. The van der Waals surface area contributed by atoms with Crippen LogP contribution in [-0.2, 0) is 0 Å². The van der Waals surface area contributed by atoms with Crippen molar-refractivity contribution < 1.29 is 0 Å². The van der Waals surface area contributed by atoms with Crippen molar-refractivity contribution >= 4 is 5.69 Å². The fourth-order valence-electron chi connectivity index (χ4n) is 3.78. The third-order valence-corrected chi connectivity index (χ3v) is 4.92. The fourth-order valence-corrected chi connectivity index (χ4v) is 3.78. The average Bonchev–Trinajstić information content (AvgIpc) is 2.73. The van der Waals surface area contributed by atoms with Crippen LogP contribution in [0.1, 0.15) is 56.1 Å². The van der Waals surface area contributed by atoms with Gasteiger partial charge in [0.15, 0.2) is 0 Å². The van der Waals surface area contributed by atoms with Crippen LogP contribution in [0, 0.1) is 12.3 Å². The molecule has 0 amide bonds. The second-order valence-electron chi connectivity index (χ2n) is 6.24. The van der Waals surface area contributed by atoms with Gasteiger partial charge in [-0.25, -0.2) is 0 Å². The molecule has 1 aromatic carbocycles. The van der Waals surface area contributed by atoms with Gasteiger partial charge in [0.2, 0.25) is 0 Å². The Bertz CT molecular complexity index is 416. The lowest BCUT2D eigenvalue weighted by Crippen LogP contribution is -2.29. The van der Waals surface area contributed by atoms with Crippen LogP contribution in [0.5, 0.6) is 0 Å². The van der Waals surface area contributed by atoms with E-state index in [0.29, 0.717) is 5.41 Å². The van der Waals surface area contributed by atoms with Crippen LogP contribution in [0.2, 0.25) is 0 Å². The van der Waals surface area contributed by atoms with E-state index in [1.54, 1.807) is 5.56 Å². The number of benzene rings is 1. The van der Waals surface area contributed by atoms with Gasteiger partial charge in [0.1, 0.15) is 0 Å². The molecule has 2 aliphatic rings. The SMILES string of the molecule is Cc1ccc2c(c1)C(C1(C)CCCCC1)CN2. The first kappa shape index (κ1) is 11.1. The second-order valence-corrected chi connectivity index (χ2v) is 6.24. The van der Waals surface area contributed by atoms with E-state index in [1.165, 1.54) is 43.4 Å². The van der Waals surface area contributed by atoms with E-state index >= 15 is 0 Å². The molecule has 0 radical (unpaired) electrons. The van der Waals surface area contributed by atoms with E-state index < -0.39 is 0 Å². The fraction of sp³-hybridized carbons (Fsp3) is 0.625. The molecule has 1 aliphatic heterocycles. The van der Waals surface area contributed by atoms with Crippen LogP contribution >= 0.6 is 0 Å². The molecular weight excluding hydrogens is 206 g/mol. The first-order chi connectivity index (χ1) is 8.19. The van der Waals surface area contributed by atoms with Crippen LogP contribution in [-0.4, -0.2) is 6.54 Å². The predicted octanol–water partition coefficient (Wildman–Crippen LogP) is 4.47. The normalized spacial score (nSPS) is 26.4. The maximum absolute atomic E-state index is 3.60. The number of rotatable bonds is 1. The molecule has 0 aromatic heterocycles. The number of anilines is 1. The molecule has 1 N–H and O–H groups in total. The number of nitrogens with one attached hydrogen (secondary N) is 1. The summed E-state index contributed by atoms with van der Waals surface area (Å²) < 4.78 is 0. The smallest absolute Gasteiger partial charge is 0.0376 e. The molecule has 0 saturated heterocycles. The molecule has 1 heteroatoms. The molecular formula is C16H23N. The molecule has 1 saturated carbocycles. The van der Waals surface area contributed by atoms with Crippen LogP contribution < -0.4 is 5.32 Å². The third kappa shape index (κ3) is 1.86. The monoisotopic (exact) mass is 229 g/mol. The maximum Gasteiger partial charge on any atom is 0.0376 e. The van der Waals surface area contributed by atoms with Crippen LogP contribution in [0.15, 0.2) is 18.2 Å². The molecule has 1 heterocycles. The Hall–Kier alpha value is -0.980. The summed E-state index contributed by atoms with van der Waals surface area (Å²) in [6.45, 7) is 5.87. The van der Waals surface area contributed by atoms with Crippen molar-refractivity contribution in [2.24, 2.45) is 5.41 Å². The van der Waals surface area contributed by atoms with Crippen molar-refractivity contribution in [2.75, 3.05) is 11.9 Å². The van der Waals surface area contributed by atoms with E-state index in [0.717, 1.165) is 12.5 Å². The molecule has 1 unspecified atom stereocenters. The van der Waals surface area contributed by atoms with E-state index in [-0.39, 0.29) is 0 Å². The first-order valence-electron chi connectivity index (χ1n) is 7.03. The highest BCUT2D eigenvalue weighted by Gasteiger charge is 2.39. The molecule has 1 fully saturated rings. The lowest BCUT2D eigenvalue weighted by atomic mass is 9.65. The second kappa shape index (κ2) is 4.04. The standard InChI is InChI=1S/C16H23N/c1-12-6-7-15-13(10-12)14(11-17-15)16(2)8-4-3-5-9-16/h6-7,10,14,17H,3-5,8-9,11H2,1-2H3. The summed E-state index contributed by atoms with van der Waals surface area (Å²) in [5.74, 6) is 0.734. The van der Waals surface area contributed by atoms with Gasteiger partial charge in [-0.3, -0.25) is 0 Å². The Labute approximate surface area is 105 Å². The van der Waals surface area contributed by atoms with Crippen molar-refractivity contribution in [2.45, 2.75) is 51.9 Å². The topological polar surface area (TPSA) is 12.0 Å². The summed E-state index contributed by atoms with van der Waals surface area (Å²) >= 11 is 0. The van der Waals surface area contributed by atoms with Crippen molar-refractivity contribution in [3.8, 4) is 0 Å². The lowest BCUT2D eigenvalue weighted by molar-refractivity contribution is 0.177. The van der Waals surface area contributed by atoms with Gasteiger partial charge in [0.05, 0.1) is 0 Å². The summed E-state index contributed by atoms with van der Waals surface area (Å²) in [5.41, 5.74) is 4.89. The summed E-state index contributed by atoms with van der Waals surface area (Å²) in [6.07, 6.45) is 7.11. The minimum absolute atomic E-state index is 0.532. The predicted molar refractivity (Wildman–Crippen MR) is 73.6 cm³/mol. The average molecular weight is 229 g/mol. The quantitative estimate of drug-likeness (QED) is 0.749. The summed E-state index contributed by atoms with van der Waals surface area (Å²) in [4.78, 5) is 0. The molecule has 0 bridgehead atoms. The Balaban J connectivity index is 1.94. The van der Waals surface area contributed by atoms with E-state index in [1.807, 2.05) is 0 Å². The molecule has 92 valence electrons. The zero-order chi connectivity index (χ0) is 11.9. The van der Waals surface area contributed by atoms with Gasteiger partial charge in [0.25, 0.3) is 0 Å². The highest BCUT2D eigenvalue weighted by molar-refractivity contribution is 5.59. The molecule has 17 heavy (non-hydrogen) atoms. The zero-order valence-electron chi connectivity index (χ0n) is 11.1. The van der Waals surface area contributed by atoms with Crippen molar-refractivity contribution in [3.05, 3.63) is 29.3 Å². The van der Waals surface area contributed by atoms with E-state index in [2.05, 4.69) is 37.4 Å². The van der Waals surface area contributed by atoms with Gasteiger partial charge in [-0.15, -0.1) is 0 Å². The van der Waals surface area contributed by atoms with Crippen LogP contribution in [0.25, 0.3) is 0 Å². The molecule has 1 atom stereocenters. The van der Waals surface area contributed by atoms with Gasteiger partial charge in [-0.2, -0.15) is 0 Å². The third-order valence-electron chi connectivity index (χ3n) is 4.92. The highest BCUT2D eigenvalue weighted by atomic mass is 14.9. The van der Waals surface area contributed by atoms with Crippen molar-refractivity contribution in [3.63, 3.8) is 0 Å². The molecule has 0 spiro atoms. The van der Waals surface area contributed by atoms with E-state index in [9.17, 15) is 0 Å². The number of aryl methyl sites for hydroxylation is 1. The molecule has 1 nitrogen and oxygen atoms in total. The Morgan fingerprint density at radius 3 is 2.71 bits per heavy atom. The zero-order valence-corrected chi connectivity index (χ0v) is 11.1. The number of fused-ring (bicyclic) bond motifs is 1. The van der Waals surface area contributed by atoms with Crippen LogP contribution in [0.4, 0.5) is 5.69 Å². The van der Waals surface area contributed by atoms with Gasteiger partial charge < -0.3 is 5.32 Å². The van der Waals surface area contributed by atoms with Crippen molar-refractivity contribution in [1.82, 2.24) is 0 Å². The molecule has 3 rings (SSSR count). The molecule has 1 aliphatic carbocycles. The highest BCUT2D eigenvalue weighted by Crippen LogP contribution is 2.50. The number of hydrogen-bond donors (Lipinski definition) is 1. The summed E-state index contributed by atoms with van der Waals surface area (Å²) in [6, 6.07) is 6.88. The van der Waals surface area contributed by atoms with Gasteiger partial charge in [-0.05, 0) is 36.8 Å². The Morgan fingerprint density at radius 1 is 1.18 bits per heavy atom. The Kier molecular flexibility index (Phi) is 2.65. The maximum atomic E-state index is 3.60. The summed E-state index contributed by atoms with van der Waals surface area (Å²) in [5, 5.41) is 3.60.